The van der Waals surface area contributed by atoms with E-state index < -0.39 is 4.92 Å². The second-order valence-electron chi connectivity index (χ2n) is 3.71. The minimum absolute atomic E-state index is 0.0236. The molecule has 0 aliphatic rings. The van der Waals surface area contributed by atoms with Crippen LogP contribution in [0.5, 0.6) is 0 Å². The Morgan fingerprint density at radius 2 is 2.42 bits per heavy atom. The molecule has 19 heavy (non-hydrogen) atoms. The van der Waals surface area contributed by atoms with E-state index in [1.807, 2.05) is 6.92 Å². The number of aryl methyl sites for hydroxylation is 1. The SMILES string of the molecule is CCc1n[nH]c(=S)n1/N=C/c1cccc([N+](=O)[O-])c1. The molecule has 0 radical (unpaired) electrons. The van der Waals surface area contributed by atoms with E-state index in [-0.39, 0.29) is 5.69 Å². The van der Waals surface area contributed by atoms with Crippen molar-refractivity contribution in [3.05, 3.63) is 50.5 Å². The number of nitro groups is 1. The summed E-state index contributed by atoms with van der Waals surface area (Å²) in [6.07, 6.45) is 2.19. The van der Waals surface area contributed by atoms with E-state index in [0.717, 1.165) is 0 Å². The third-order valence-corrected chi connectivity index (χ3v) is 2.70. The Bertz CT molecular complexity index is 688. The van der Waals surface area contributed by atoms with Gasteiger partial charge in [-0.3, -0.25) is 15.2 Å². The van der Waals surface area contributed by atoms with Gasteiger partial charge in [0, 0.05) is 24.1 Å². The number of nitro benzene ring substituents is 1. The fourth-order valence-corrected chi connectivity index (χ4v) is 1.71. The molecule has 2 rings (SSSR count). The summed E-state index contributed by atoms with van der Waals surface area (Å²) in [7, 11) is 0. The van der Waals surface area contributed by atoms with Gasteiger partial charge in [-0.05, 0) is 12.2 Å². The third kappa shape index (κ3) is 2.91. The molecular formula is C11H11N5O2S. The molecule has 8 heteroatoms. The van der Waals surface area contributed by atoms with Crippen LogP contribution in [-0.4, -0.2) is 26.0 Å². The summed E-state index contributed by atoms with van der Waals surface area (Å²) in [5.74, 6) is 0.701. The molecule has 1 N–H and O–H groups in total. The molecule has 0 aliphatic carbocycles. The molecule has 2 aromatic rings. The molecule has 0 spiro atoms. The lowest BCUT2D eigenvalue weighted by Crippen LogP contribution is -1.97. The topological polar surface area (TPSA) is 89.1 Å². The number of hydrogen-bond acceptors (Lipinski definition) is 5. The molecule has 1 aromatic heterocycles. The van der Waals surface area contributed by atoms with Gasteiger partial charge >= 0.3 is 0 Å². The average Bonchev–Trinajstić information content (AvgIpc) is 2.77. The highest BCUT2D eigenvalue weighted by Gasteiger charge is 2.05. The fourth-order valence-electron chi connectivity index (χ4n) is 1.52. The number of benzene rings is 1. The number of aromatic nitrogens is 3. The van der Waals surface area contributed by atoms with E-state index >= 15 is 0 Å². The summed E-state index contributed by atoms with van der Waals surface area (Å²) in [4.78, 5) is 10.2. The maximum absolute atomic E-state index is 10.7. The summed E-state index contributed by atoms with van der Waals surface area (Å²) in [6, 6.07) is 6.21. The van der Waals surface area contributed by atoms with E-state index in [0.29, 0.717) is 22.6 Å². The number of H-pyrrole nitrogens is 1. The van der Waals surface area contributed by atoms with Gasteiger partial charge in [0.1, 0.15) is 0 Å². The van der Waals surface area contributed by atoms with Crippen molar-refractivity contribution in [2.75, 3.05) is 0 Å². The van der Waals surface area contributed by atoms with Gasteiger partial charge in [0.15, 0.2) is 5.82 Å². The van der Waals surface area contributed by atoms with Crippen LogP contribution >= 0.6 is 12.2 Å². The first-order valence-electron chi connectivity index (χ1n) is 5.57. The molecule has 7 nitrogen and oxygen atoms in total. The molecule has 0 saturated carbocycles. The standard InChI is InChI=1S/C11H11N5O2S/c1-2-10-13-14-11(19)15(10)12-7-8-4-3-5-9(6-8)16(17)18/h3-7H,2H2,1H3,(H,14,19)/b12-7+. The largest absolute Gasteiger partial charge is 0.270 e. The minimum atomic E-state index is -0.446. The maximum Gasteiger partial charge on any atom is 0.270 e. The van der Waals surface area contributed by atoms with E-state index in [1.165, 1.54) is 23.0 Å². The van der Waals surface area contributed by atoms with Gasteiger partial charge in [0.05, 0.1) is 11.1 Å². The summed E-state index contributed by atoms with van der Waals surface area (Å²) in [5, 5.41) is 21.5. The highest BCUT2D eigenvalue weighted by molar-refractivity contribution is 7.71. The molecule has 1 aromatic carbocycles. The average molecular weight is 277 g/mol. The fraction of sp³-hybridized carbons (Fsp3) is 0.182. The Labute approximate surface area is 113 Å². The van der Waals surface area contributed by atoms with Crippen LogP contribution in [0.2, 0.25) is 0 Å². The number of aromatic amines is 1. The third-order valence-electron chi connectivity index (χ3n) is 2.44. The second-order valence-corrected chi connectivity index (χ2v) is 4.09. The van der Waals surface area contributed by atoms with E-state index in [4.69, 9.17) is 12.2 Å². The molecule has 98 valence electrons. The molecule has 0 atom stereocenters. The quantitative estimate of drug-likeness (QED) is 0.402. The van der Waals surface area contributed by atoms with Gasteiger partial charge in [-0.25, -0.2) is 0 Å². The lowest BCUT2D eigenvalue weighted by molar-refractivity contribution is -0.384. The number of hydrogen-bond donors (Lipinski definition) is 1. The summed E-state index contributed by atoms with van der Waals surface area (Å²) < 4.78 is 1.88. The van der Waals surface area contributed by atoms with E-state index in [2.05, 4.69) is 15.3 Å². The van der Waals surface area contributed by atoms with Crippen molar-refractivity contribution in [3.63, 3.8) is 0 Å². The summed E-state index contributed by atoms with van der Waals surface area (Å²) in [6.45, 7) is 1.93. The predicted octanol–water partition coefficient (Wildman–Crippen LogP) is 2.29. The Morgan fingerprint density at radius 1 is 1.63 bits per heavy atom. The molecular weight excluding hydrogens is 266 g/mol. The van der Waals surface area contributed by atoms with Gasteiger partial charge < -0.3 is 0 Å². The molecule has 0 bridgehead atoms. The van der Waals surface area contributed by atoms with Crippen molar-refractivity contribution in [3.8, 4) is 0 Å². The lowest BCUT2D eigenvalue weighted by atomic mass is 10.2. The Morgan fingerprint density at radius 3 is 3.11 bits per heavy atom. The zero-order chi connectivity index (χ0) is 13.8. The minimum Gasteiger partial charge on any atom is -0.258 e. The van der Waals surface area contributed by atoms with Crippen LogP contribution in [0, 0.1) is 14.9 Å². The predicted molar refractivity (Wildman–Crippen MR) is 72.9 cm³/mol. The zero-order valence-corrected chi connectivity index (χ0v) is 10.9. The van der Waals surface area contributed by atoms with Crippen LogP contribution in [-0.2, 0) is 6.42 Å². The summed E-state index contributed by atoms with van der Waals surface area (Å²) in [5.41, 5.74) is 0.648. The maximum atomic E-state index is 10.7. The van der Waals surface area contributed by atoms with Crippen molar-refractivity contribution in [1.82, 2.24) is 14.9 Å². The molecule has 0 aliphatic heterocycles. The molecule has 0 fully saturated rings. The van der Waals surface area contributed by atoms with Gasteiger partial charge in [0.25, 0.3) is 5.69 Å². The summed E-state index contributed by atoms with van der Waals surface area (Å²) >= 11 is 5.04. The first kappa shape index (κ1) is 13.1. The van der Waals surface area contributed by atoms with Crippen LogP contribution in [0.3, 0.4) is 0 Å². The van der Waals surface area contributed by atoms with Crippen LogP contribution in [0.1, 0.15) is 18.3 Å². The van der Waals surface area contributed by atoms with Crippen molar-refractivity contribution >= 4 is 24.1 Å². The number of non-ortho nitro benzene ring substituents is 1. The first-order chi connectivity index (χ1) is 9.11. The van der Waals surface area contributed by atoms with Crippen LogP contribution < -0.4 is 0 Å². The van der Waals surface area contributed by atoms with Gasteiger partial charge in [-0.2, -0.15) is 14.9 Å². The highest BCUT2D eigenvalue weighted by Crippen LogP contribution is 2.11. The molecule has 0 saturated heterocycles. The molecule has 0 amide bonds. The normalized spacial score (nSPS) is 11.0. The Balaban J connectivity index is 2.32. The van der Waals surface area contributed by atoms with Gasteiger partial charge in [-0.1, -0.05) is 19.1 Å². The number of nitrogens with zero attached hydrogens (tertiary/aromatic N) is 4. The second kappa shape index (κ2) is 5.53. The first-order valence-corrected chi connectivity index (χ1v) is 5.97. The molecule has 0 unspecified atom stereocenters. The Hall–Kier alpha value is -2.35. The van der Waals surface area contributed by atoms with Gasteiger partial charge in [-0.15, -0.1) is 0 Å². The van der Waals surface area contributed by atoms with Crippen molar-refractivity contribution in [1.29, 1.82) is 0 Å². The van der Waals surface area contributed by atoms with Crippen molar-refractivity contribution < 1.29 is 4.92 Å². The monoisotopic (exact) mass is 277 g/mol. The number of rotatable bonds is 4. The molecule has 1 heterocycles. The Kier molecular flexibility index (Phi) is 3.81. The van der Waals surface area contributed by atoms with Gasteiger partial charge in [0.2, 0.25) is 4.77 Å². The smallest absolute Gasteiger partial charge is 0.258 e. The van der Waals surface area contributed by atoms with E-state index in [9.17, 15) is 10.1 Å². The van der Waals surface area contributed by atoms with Crippen molar-refractivity contribution in [2.24, 2.45) is 5.10 Å². The van der Waals surface area contributed by atoms with Crippen LogP contribution in [0.4, 0.5) is 5.69 Å². The number of nitrogens with one attached hydrogen (secondary N) is 1. The lowest BCUT2D eigenvalue weighted by Gasteiger charge is -1.97. The van der Waals surface area contributed by atoms with Crippen LogP contribution in [0.25, 0.3) is 0 Å². The van der Waals surface area contributed by atoms with E-state index in [1.54, 1.807) is 12.1 Å². The van der Waals surface area contributed by atoms with Crippen molar-refractivity contribution in [2.45, 2.75) is 13.3 Å². The zero-order valence-electron chi connectivity index (χ0n) is 10.1. The highest BCUT2D eigenvalue weighted by atomic mass is 32.1. The van der Waals surface area contributed by atoms with Crippen LogP contribution in [0.15, 0.2) is 29.4 Å².